The van der Waals surface area contributed by atoms with Gasteiger partial charge in [0.2, 0.25) is 11.7 Å². The number of nitrogens with two attached hydrogens (primary N) is 2. The van der Waals surface area contributed by atoms with Crippen molar-refractivity contribution in [3.8, 4) is 0 Å². The third kappa shape index (κ3) is 9.59. The molecular weight excluding hydrogens is 584 g/mol. The molecule has 16 heteroatoms. The zero-order valence-corrected chi connectivity index (χ0v) is 22.4. The minimum Gasteiger partial charge on any atom is -0.393 e. The van der Waals surface area contributed by atoms with E-state index < -0.39 is 65.0 Å². The molecule has 0 spiro atoms. The lowest BCUT2D eigenvalue weighted by Gasteiger charge is -2.18. The summed E-state index contributed by atoms with van der Waals surface area (Å²) in [5.41, 5.74) is 2.96. The third-order valence-electron chi connectivity index (χ3n) is 5.92. The lowest BCUT2D eigenvalue weighted by Crippen LogP contribution is -2.36. The molecule has 0 radical (unpaired) electrons. The van der Waals surface area contributed by atoms with E-state index in [2.05, 4.69) is 15.6 Å². The number of nitrogens with zero attached hydrogens (tertiary/aromatic N) is 3. The highest BCUT2D eigenvalue weighted by Crippen LogP contribution is 2.27. The highest BCUT2D eigenvalue weighted by molar-refractivity contribution is 5.92. The topological polar surface area (TPSA) is 148 Å². The van der Waals surface area contributed by atoms with E-state index in [1.807, 2.05) is 0 Å². The van der Waals surface area contributed by atoms with Gasteiger partial charge < -0.3 is 25.9 Å². The van der Waals surface area contributed by atoms with Crippen LogP contribution in [0.25, 0.3) is 0 Å². The predicted molar refractivity (Wildman–Crippen MR) is 143 cm³/mol. The van der Waals surface area contributed by atoms with E-state index in [9.17, 15) is 40.7 Å². The molecule has 230 valence electrons. The van der Waals surface area contributed by atoms with Gasteiger partial charge in [0.15, 0.2) is 0 Å². The van der Waals surface area contributed by atoms with Crippen LogP contribution in [0.5, 0.6) is 0 Å². The molecule has 0 aliphatic carbocycles. The van der Waals surface area contributed by atoms with Crippen LogP contribution in [0, 0.1) is 11.6 Å². The molecule has 0 bridgehead atoms. The summed E-state index contributed by atoms with van der Waals surface area (Å²) in [7, 11) is 0. The first-order valence-corrected chi connectivity index (χ1v) is 12.6. The zero-order chi connectivity index (χ0) is 31.7. The lowest BCUT2D eigenvalue weighted by molar-refractivity contribution is -0.141. The number of hydrazine groups is 1. The van der Waals surface area contributed by atoms with Crippen molar-refractivity contribution in [2.45, 2.75) is 38.3 Å². The van der Waals surface area contributed by atoms with Gasteiger partial charge in [-0.25, -0.2) is 14.6 Å². The fraction of sp³-hybridized carbons (Fsp3) is 0.259. The smallest absolute Gasteiger partial charge is 0.393 e. The minimum atomic E-state index is -4.60. The molecule has 10 nitrogen and oxygen atoms in total. The monoisotopic (exact) mass is 611 g/mol. The lowest BCUT2D eigenvalue weighted by atomic mass is 10.1. The molecule has 6 N–H and O–H groups in total. The number of halogens is 6. The first-order valence-electron chi connectivity index (χ1n) is 12.6. The van der Waals surface area contributed by atoms with Crippen LogP contribution in [0.1, 0.15) is 23.2 Å². The van der Waals surface area contributed by atoms with E-state index in [-0.39, 0.29) is 37.1 Å². The normalized spacial score (nSPS) is 12.5. The van der Waals surface area contributed by atoms with Crippen LogP contribution < -0.4 is 27.8 Å². The maximum atomic E-state index is 14.6. The highest BCUT2D eigenvalue weighted by Gasteiger charge is 2.32. The third-order valence-corrected chi connectivity index (χ3v) is 5.92. The van der Waals surface area contributed by atoms with Gasteiger partial charge in [0.25, 0.3) is 11.5 Å². The Morgan fingerprint density at radius 1 is 1.12 bits per heavy atom. The number of alkyl halides is 4. The van der Waals surface area contributed by atoms with Gasteiger partial charge in [-0.2, -0.15) is 17.6 Å². The maximum absolute atomic E-state index is 14.6. The number of pyridine rings is 2. The summed E-state index contributed by atoms with van der Waals surface area (Å²) in [5, 5.41) is 5.36. The Balaban J connectivity index is 1.47. The Hall–Kier alpha value is -4.86. The predicted octanol–water partition coefficient (Wildman–Crippen LogP) is 2.74. The van der Waals surface area contributed by atoms with Crippen LogP contribution in [-0.2, 0) is 35.3 Å². The van der Waals surface area contributed by atoms with Gasteiger partial charge in [0, 0.05) is 31.7 Å². The second kappa shape index (κ2) is 14.4. The van der Waals surface area contributed by atoms with E-state index in [1.165, 1.54) is 24.3 Å². The second-order valence-corrected chi connectivity index (χ2v) is 9.26. The Morgan fingerprint density at radius 3 is 2.49 bits per heavy atom. The largest absolute Gasteiger partial charge is 0.433 e. The van der Waals surface area contributed by atoms with Crippen LogP contribution in [0.15, 0.2) is 71.5 Å². The number of rotatable bonds is 12. The summed E-state index contributed by atoms with van der Waals surface area (Å²) < 4.78 is 81.5. The highest BCUT2D eigenvalue weighted by atomic mass is 19.4. The van der Waals surface area contributed by atoms with Crippen molar-refractivity contribution in [3.63, 3.8) is 0 Å². The van der Waals surface area contributed by atoms with Gasteiger partial charge in [-0.1, -0.05) is 24.3 Å². The van der Waals surface area contributed by atoms with Gasteiger partial charge in [-0.05, 0) is 35.7 Å². The SMILES string of the molecule is N/C(=C\N(N)CC(F)CCn1ccc(NC(=O)Cc2ccccc2F)c(F)c1=O)C(=O)NCc1ccc(C(F)(F)F)nc1. The van der Waals surface area contributed by atoms with Crippen LogP contribution in [-0.4, -0.2) is 39.1 Å². The number of amides is 2. The molecule has 0 saturated heterocycles. The number of carbonyl (C=O) groups is 2. The molecule has 43 heavy (non-hydrogen) atoms. The summed E-state index contributed by atoms with van der Waals surface area (Å²) in [6, 6.07) is 8.55. The Bertz CT molecular complexity index is 1530. The van der Waals surface area contributed by atoms with E-state index in [4.69, 9.17) is 11.6 Å². The number of nitrogens with one attached hydrogen (secondary N) is 2. The van der Waals surface area contributed by atoms with Crippen molar-refractivity contribution in [1.29, 1.82) is 0 Å². The number of carbonyl (C=O) groups excluding carboxylic acids is 2. The number of hydrogen-bond donors (Lipinski definition) is 4. The van der Waals surface area contributed by atoms with Gasteiger partial charge in [0.05, 0.1) is 18.7 Å². The quantitative estimate of drug-likeness (QED) is 0.107. The molecule has 2 heterocycles. The molecule has 3 rings (SSSR count). The van der Waals surface area contributed by atoms with Gasteiger partial charge in [-0.15, -0.1) is 0 Å². The summed E-state index contributed by atoms with van der Waals surface area (Å²) in [6.45, 7) is -0.901. The first-order chi connectivity index (χ1) is 20.2. The van der Waals surface area contributed by atoms with E-state index in [0.29, 0.717) is 0 Å². The number of anilines is 1. The zero-order valence-electron chi connectivity index (χ0n) is 22.4. The standard InChI is InChI=1S/C27H27F6N7O3/c28-18(14-40(35)15-20(34)25(42)37-13-16-5-6-22(36-12-16)27(31,32)33)7-9-39-10-8-21(24(30)26(39)43)38-23(41)11-17-3-1-2-4-19(17)29/h1-6,8,10,12,15,18H,7,9,11,13-14,34-35H2,(H,37,42)(H,38,41)/b20-15-. The van der Waals surface area contributed by atoms with Gasteiger partial charge >= 0.3 is 6.18 Å². The van der Waals surface area contributed by atoms with E-state index in [1.54, 1.807) is 0 Å². The molecule has 2 aromatic heterocycles. The Labute approximate surface area is 241 Å². The Morgan fingerprint density at radius 2 is 1.84 bits per heavy atom. The summed E-state index contributed by atoms with van der Waals surface area (Å²) >= 11 is 0. The van der Waals surface area contributed by atoms with Crippen molar-refractivity contribution in [3.05, 3.63) is 106 Å². The molecule has 0 aliphatic rings. The van der Waals surface area contributed by atoms with E-state index in [0.717, 1.165) is 46.4 Å². The molecule has 0 fully saturated rings. The molecular formula is C27H27F6N7O3. The summed E-state index contributed by atoms with van der Waals surface area (Å²) in [5.74, 6) is 2.22. The number of hydrogen-bond acceptors (Lipinski definition) is 7. The van der Waals surface area contributed by atoms with E-state index >= 15 is 0 Å². The fourth-order valence-electron chi connectivity index (χ4n) is 3.70. The number of benzene rings is 1. The van der Waals surface area contributed by atoms with Crippen LogP contribution in [0.4, 0.5) is 32.0 Å². The Kier molecular flexibility index (Phi) is 10.9. The second-order valence-electron chi connectivity index (χ2n) is 9.26. The van der Waals surface area contributed by atoms with Crippen molar-refractivity contribution in [1.82, 2.24) is 19.9 Å². The minimum absolute atomic E-state index is 0.0876. The number of aromatic nitrogens is 2. The van der Waals surface area contributed by atoms with Crippen LogP contribution in [0.3, 0.4) is 0 Å². The van der Waals surface area contributed by atoms with Crippen molar-refractivity contribution >= 4 is 17.5 Å². The van der Waals surface area contributed by atoms with Crippen molar-refractivity contribution in [2.75, 3.05) is 11.9 Å². The average Bonchev–Trinajstić information content (AvgIpc) is 2.94. The molecule has 3 aromatic rings. The molecule has 0 saturated carbocycles. The van der Waals surface area contributed by atoms with Crippen molar-refractivity contribution < 1.29 is 35.9 Å². The van der Waals surface area contributed by atoms with Crippen molar-refractivity contribution in [2.24, 2.45) is 11.6 Å². The maximum Gasteiger partial charge on any atom is 0.433 e. The molecule has 1 atom stereocenters. The van der Waals surface area contributed by atoms with Gasteiger partial charge in [-0.3, -0.25) is 19.4 Å². The number of aryl methyl sites for hydroxylation is 1. The summed E-state index contributed by atoms with van der Waals surface area (Å²) in [4.78, 5) is 39.9. The van der Waals surface area contributed by atoms with Crippen LogP contribution in [0.2, 0.25) is 0 Å². The average molecular weight is 612 g/mol. The summed E-state index contributed by atoms with van der Waals surface area (Å²) in [6.07, 6.45) is -3.87. The first kappa shape index (κ1) is 32.7. The fourth-order valence-corrected chi connectivity index (χ4v) is 3.70. The molecule has 1 unspecified atom stereocenters. The van der Waals surface area contributed by atoms with Gasteiger partial charge in [0.1, 0.15) is 23.4 Å². The molecule has 1 aromatic carbocycles. The molecule has 2 amide bonds. The molecule has 0 aliphatic heterocycles. The van der Waals surface area contributed by atoms with Crippen LogP contribution >= 0.6 is 0 Å².